The summed E-state index contributed by atoms with van der Waals surface area (Å²) in [6.45, 7) is 2.12. The largest absolute Gasteiger partial charge is 0.366 e. The Balaban J connectivity index is 1.89. The number of carbonyl (C=O) groups excluding carboxylic acids is 2. The van der Waals surface area contributed by atoms with Gasteiger partial charge in [-0.15, -0.1) is 0 Å². The van der Waals surface area contributed by atoms with Crippen molar-refractivity contribution >= 4 is 21.8 Å². The summed E-state index contributed by atoms with van der Waals surface area (Å²) in [7, 11) is -3.89. The molecular weight excluding hydrogens is 366 g/mol. The van der Waals surface area contributed by atoms with E-state index in [1.54, 1.807) is 42.2 Å². The molecule has 2 aromatic carbocycles. The first-order chi connectivity index (χ1) is 12.7. The normalized spacial score (nSPS) is 14.0. The van der Waals surface area contributed by atoms with Crippen molar-refractivity contribution in [2.75, 3.05) is 0 Å². The number of rotatable bonds is 6. The highest BCUT2D eigenvalue weighted by Crippen LogP contribution is 2.31. The van der Waals surface area contributed by atoms with Crippen molar-refractivity contribution in [3.8, 4) is 0 Å². The molecule has 3 rings (SSSR count). The van der Waals surface area contributed by atoms with E-state index in [9.17, 15) is 18.0 Å². The molecular formula is C19H21N3O4S. The summed E-state index contributed by atoms with van der Waals surface area (Å²) in [6, 6.07) is 11.2. The zero-order valence-electron chi connectivity index (χ0n) is 14.9. The zero-order chi connectivity index (χ0) is 19.8. The summed E-state index contributed by atoms with van der Waals surface area (Å²) >= 11 is 0. The van der Waals surface area contributed by atoms with Gasteiger partial charge in [-0.25, -0.2) is 13.6 Å². The number of primary sulfonamides is 1. The second-order valence-corrected chi connectivity index (χ2v) is 8.31. The van der Waals surface area contributed by atoms with Crippen LogP contribution in [0, 0.1) is 6.92 Å². The summed E-state index contributed by atoms with van der Waals surface area (Å²) in [5.41, 5.74) is 7.52. The highest BCUT2D eigenvalue weighted by Gasteiger charge is 2.34. The fraction of sp³-hybridized carbons (Fsp3) is 0.263. The Hall–Kier alpha value is -2.71. The molecule has 0 aliphatic heterocycles. The molecule has 7 nitrogen and oxygen atoms in total. The van der Waals surface area contributed by atoms with Gasteiger partial charge in [0, 0.05) is 23.7 Å². The second kappa shape index (κ2) is 7.13. The van der Waals surface area contributed by atoms with E-state index >= 15 is 0 Å². The van der Waals surface area contributed by atoms with Gasteiger partial charge in [0.15, 0.2) is 0 Å². The highest BCUT2D eigenvalue weighted by atomic mass is 32.2. The molecule has 2 aromatic rings. The molecule has 27 heavy (non-hydrogen) atoms. The van der Waals surface area contributed by atoms with Crippen LogP contribution in [0.4, 0.5) is 0 Å². The van der Waals surface area contributed by atoms with Crippen molar-refractivity contribution in [2.45, 2.75) is 37.2 Å². The molecule has 1 aliphatic carbocycles. The summed E-state index contributed by atoms with van der Waals surface area (Å²) in [5.74, 6) is -0.744. The van der Waals surface area contributed by atoms with Gasteiger partial charge in [0.25, 0.3) is 5.91 Å². The van der Waals surface area contributed by atoms with Crippen LogP contribution in [0.3, 0.4) is 0 Å². The minimum absolute atomic E-state index is 0.0852. The van der Waals surface area contributed by atoms with Crippen molar-refractivity contribution in [1.29, 1.82) is 0 Å². The number of aryl methyl sites for hydroxylation is 1. The lowest BCUT2D eigenvalue weighted by atomic mass is 10.1. The van der Waals surface area contributed by atoms with Crippen molar-refractivity contribution in [3.63, 3.8) is 0 Å². The maximum absolute atomic E-state index is 13.1. The number of primary amides is 1. The van der Waals surface area contributed by atoms with Gasteiger partial charge in [-0.05, 0) is 55.2 Å². The standard InChI is InChI=1S/C19H21N3O4S/c1-12-2-9-16(27(21,25)26)10-17(12)19(24)22(15-7-8-15)11-13-3-5-14(6-4-13)18(20)23/h2-6,9-10,15H,7-8,11H2,1H3,(H2,20,23)(H2,21,25,26). The van der Waals surface area contributed by atoms with Crippen LogP contribution in [0.15, 0.2) is 47.4 Å². The van der Waals surface area contributed by atoms with Gasteiger partial charge in [-0.2, -0.15) is 0 Å². The molecule has 0 saturated heterocycles. The third-order valence-electron chi connectivity index (χ3n) is 4.61. The monoisotopic (exact) mass is 387 g/mol. The molecule has 0 heterocycles. The van der Waals surface area contributed by atoms with Crippen molar-refractivity contribution < 1.29 is 18.0 Å². The van der Waals surface area contributed by atoms with Crippen molar-refractivity contribution in [2.24, 2.45) is 10.9 Å². The summed E-state index contributed by atoms with van der Waals surface area (Å²) in [4.78, 5) is 26.0. The van der Waals surface area contributed by atoms with Crippen LogP contribution in [-0.2, 0) is 16.6 Å². The van der Waals surface area contributed by atoms with E-state index in [4.69, 9.17) is 10.9 Å². The lowest BCUT2D eigenvalue weighted by molar-refractivity contribution is 0.0728. The summed E-state index contributed by atoms with van der Waals surface area (Å²) in [6.07, 6.45) is 1.80. The fourth-order valence-electron chi connectivity index (χ4n) is 2.89. The number of nitrogens with two attached hydrogens (primary N) is 2. The van der Waals surface area contributed by atoms with E-state index in [0.29, 0.717) is 23.2 Å². The lowest BCUT2D eigenvalue weighted by Crippen LogP contribution is -2.33. The Bertz CT molecular complexity index is 996. The Kier molecular flexibility index (Phi) is 5.03. The lowest BCUT2D eigenvalue weighted by Gasteiger charge is -2.24. The minimum Gasteiger partial charge on any atom is -0.366 e. The van der Waals surface area contributed by atoms with Crippen LogP contribution in [0.5, 0.6) is 0 Å². The van der Waals surface area contributed by atoms with E-state index in [2.05, 4.69) is 0 Å². The molecule has 0 radical (unpaired) electrons. The molecule has 1 saturated carbocycles. The average molecular weight is 387 g/mol. The Morgan fingerprint density at radius 1 is 1.11 bits per heavy atom. The van der Waals surface area contributed by atoms with Crippen molar-refractivity contribution in [3.05, 3.63) is 64.7 Å². The number of sulfonamides is 1. The second-order valence-electron chi connectivity index (χ2n) is 6.75. The van der Waals surface area contributed by atoms with Crippen LogP contribution in [-0.4, -0.2) is 31.2 Å². The Labute approximate surface area is 158 Å². The van der Waals surface area contributed by atoms with Gasteiger partial charge in [-0.1, -0.05) is 18.2 Å². The smallest absolute Gasteiger partial charge is 0.254 e. The predicted molar refractivity (Wildman–Crippen MR) is 100 cm³/mol. The molecule has 1 fully saturated rings. The Morgan fingerprint density at radius 3 is 2.26 bits per heavy atom. The zero-order valence-corrected chi connectivity index (χ0v) is 15.7. The van der Waals surface area contributed by atoms with E-state index in [-0.39, 0.29) is 16.8 Å². The predicted octanol–water partition coefficient (Wildman–Crippen LogP) is 1.55. The molecule has 0 unspecified atom stereocenters. The van der Waals surface area contributed by atoms with Crippen LogP contribution in [0.25, 0.3) is 0 Å². The number of carbonyl (C=O) groups is 2. The maximum Gasteiger partial charge on any atom is 0.254 e. The number of hydrogen-bond donors (Lipinski definition) is 2. The van der Waals surface area contributed by atoms with Gasteiger partial charge >= 0.3 is 0 Å². The molecule has 4 N–H and O–H groups in total. The number of hydrogen-bond acceptors (Lipinski definition) is 4. The SMILES string of the molecule is Cc1ccc(S(N)(=O)=O)cc1C(=O)N(Cc1ccc(C(N)=O)cc1)C1CC1. The number of amides is 2. The molecule has 2 amide bonds. The molecule has 0 atom stereocenters. The maximum atomic E-state index is 13.1. The van der Waals surface area contributed by atoms with E-state index in [1.807, 2.05) is 0 Å². The van der Waals surface area contributed by atoms with Crippen molar-refractivity contribution in [1.82, 2.24) is 4.90 Å². The quantitative estimate of drug-likeness (QED) is 0.780. The minimum atomic E-state index is -3.89. The molecule has 0 bridgehead atoms. The van der Waals surface area contributed by atoms with E-state index in [0.717, 1.165) is 18.4 Å². The van der Waals surface area contributed by atoms with E-state index < -0.39 is 15.9 Å². The van der Waals surface area contributed by atoms with Gasteiger partial charge in [0.2, 0.25) is 15.9 Å². The first kappa shape index (κ1) is 19.1. The van der Waals surface area contributed by atoms with Crippen LogP contribution >= 0.6 is 0 Å². The number of benzene rings is 2. The van der Waals surface area contributed by atoms with Gasteiger partial charge < -0.3 is 10.6 Å². The third kappa shape index (κ3) is 4.35. The average Bonchev–Trinajstić information content (AvgIpc) is 3.44. The van der Waals surface area contributed by atoms with E-state index in [1.165, 1.54) is 12.1 Å². The first-order valence-electron chi connectivity index (χ1n) is 8.50. The topological polar surface area (TPSA) is 124 Å². The molecule has 0 aromatic heterocycles. The Morgan fingerprint density at radius 2 is 1.74 bits per heavy atom. The van der Waals surface area contributed by atoms with Crippen LogP contribution in [0.2, 0.25) is 0 Å². The molecule has 142 valence electrons. The number of nitrogens with zero attached hydrogens (tertiary/aromatic N) is 1. The van der Waals surface area contributed by atoms with Crippen LogP contribution < -0.4 is 10.9 Å². The molecule has 1 aliphatic rings. The summed E-state index contributed by atoms with van der Waals surface area (Å²) < 4.78 is 23.3. The van der Waals surface area contributed by atoms with Crippen LogP contribution in [0.1, 0.15) is 44.7 Å². The van der Waals surface area contributed by atoms with Gasteiger partial charge in [0.05, 0.1) is 4.90 Å². The fourth-order valence-corrected chi connectivity index (χ4v) is 3.43. The van der Waals surface area contributed by atoms with Gasteiger partial charge in [0.1, 0.15) is 0 Å². The molecule has 8 heteroatoms. The molecule has 0 spiro atoms. The highest BCUT2D eigenvalue weighted by molar-refractivity contribution is 7.89. The summed E-state index contributed by atoms with van der Waals surface area (Å²) in [5, 5.41) is 5.20. The first-order valence-corrected chi connectivity index (χ1v) is 10.0. The van der Waals surface area contributed by atoms with Gasteiger partial charge in [-0.3, -0.25) is 9.59 Å². The third-order valence-corrected chi connectivity index (χ3v) is 5.52.